The standard InChI is InChI=1S/C15H15F3N2O2S/c16-15(17,18)10-2-1-5-20(7-10)14(22)9-3-4-12-11(6-9)19-13(21)8-23-12/h3-4,6,10H,1-2,5,7-8H2,(H,19,21)/t10-/m1/s1. The first-order valence-corrected chi connectivity index (χ1v) is 8.26. The first-order valence-electron chi connectivity index (χ1n) is 7.27. The van der Waals surface area contributed by atoms with Gasteiger partial charge < -0.3 is 10.2 Å². The molecule has 1 fully saturated rings. The summed E-state index contributed by atoms with van der Waals surface area (Å²) in [5, 5.41) is 2.68. The number of nitrogens with one attached hydrogen (secondary N) is 1. The number of thioether (sulfide) groups is 1. The van der Waals surface area contributed by atoms with Crippen LogP contribution in [0, 0.1) is 5.92 Å². The van der Waals surface area contributed by atoms with Gasteiger partial charge in [0.25, 0.3) is 5.91 Å². The van der Waals surface area contributed by atoms with E-state index < -0.39 is 18.0 Å². The van der Waals surface area contributed by atoms with E-state index in [1.54, 1.807) is 18.2 Å². The molecule has 2 aliphatic rings. The molecule has 23 heavy (non-hydrogen) atoms. The summed E-state index contributed by atoms with van der Waals surface area (Å²) in [5.74, 6) is -1.72. The number of halogens is 3. The van der Waals surface area contributed by atoms with Crippen LogP contribution in [0.25, 0.3) is 0 Å². The largest absolute Gasteiger partial charge is 0.393 e. The summed E-state index contributed by atoms with van der Waals surface area (Å²) in [6.45, 7) is 0.0180. The molecular formula is C15H15F3N2O2S. The Balaban J connectivity index is 1.78. The molecule has 2 amide bonds. The van der Waals surface area contributed by atoms with Crippen LogP contribution in [0.4, 0.5) is 18.9 Å². The van der Waals surface area contributed by atoms with Crippen molar-refractivity contribution in [1.29, 1.82) is 0 Å². The third-order valence-corrected chi connectivity index (χ3v) is 5.10. The number of piperidine rings is 1. The van der Waals surface area contributed by atoms with Crippen molar-refractivity contribution in [3.8, 4) is 0 Å². The van der Waals surface area contributed by atoms with Crippen LogP contribution in [0.3, 0.4) is 0 Å². The molecule has 124 valence electrons. The van der Waals surface area contributed by atoms with Gasteiger partial charge in [-0.25, -0.2) is 0 Å². The minimum Gasteiger partial charge on any atom is -0.338 e. The lowest BCUT2D eigenvalue weighted by atomic mass is 9.97. The number of carbonyl (C=O) groups excluding carboxylic acids is 2. The molecule has 1 atom stereocenters. The Hall–Kier alpha value is -1.70. The molecule has 0 spiro atoms. The molecule has 3 rings (SSSR count). The predicted molar refractivity (Wildman–Crippen MR) is 80.5 cm³/mol. The van der Waals surface area contributed by atoms with Crippen LogP contribution >= 0.6 is 11.8 Å². The highest BCUT2D eigenvalue weighted by molar-refractivity contribution is 8.00. The number of alkyl halides is 3. The first kappa shape index (κ1) is 16.2. The summed E-state index contributed by atoms with van der Waals surface area (Å²) < 4.78 is 38.6. The highest BCUT2D eigenvalue weighted by Crippen LogP contribution is 2.35. The molecule has 0 aromatic heterocycles. The SMILES string of the molecule is O=C1CSc2ccc(C(=O)N3CCC[C@@H](C(F)(F)F)C3)cc2N1. The Morgan fingerprint density at radius 2 is 2.13 bits per heavy atom. The Morgan fingerprint density at radius 1 is 1.35 bits per heavy atom. The molecule has 2 aliphatic heterocycles. The molecule has 1 N–H and O–H groups in total. The summed E-state index contributed by atoms with van der Waals surface area (Å²) in [5.41, 5.74) is 0.843. The van der Waals surface area contributed by atoms with Crippen molar-refractivity contribution in [3.05, 3.63) is 23.8 Å². The van der Waals surface area contributed by atoms with E-state index in [9.17, 15) is 22.8 Å². The van der Waals surface area contributed by atoms with E-state index in [-0.39, 0.29) is 18.9 Å². The second-order valence-electron chi connectivity index (χ2n) is 5.68. The lowest BCUT2D eigenvalue weighted by Crippen LogP contribution is -2.44. The molecule has 1 aromatic rings. The third-order valence-electron chi connectivity index (χ3n) is 4.03. The van der Waals surface area contributed by atoms with E-state index in [1.165, 1.54) is 16.7 Å². The summed E-state index contributed by atoms with van der Waals surface area (Å²) in [7, 11) is 0. The van der Waals surface area contributed by atoms with E-state index >= 15 is 0 Å². The Labute approximate surface area is 135 Å². The van der Waals surface area contributed by atoms with Gasteiger partial charge in [0.2, 0.25) is 5.91 Å². The molecule has 4 nitrogen and oxygen atoms in total. The molecule has 0 aliphatic carbocycles. The minimum atomic E-state index is -4.28. The maximum Gasteiger partial charge on any atom is 0.393 e. The monoisotopic (exact) mass is 344 g/mol. The van der Waals surface area contributed by atoms with Gasteiger partial charge in [0.05, 0.1) is 17.4 Å². The number of hydrogen-bond acceptors (Lipinski definition) is 3. The molecule has 1 aromatic carbocycles. The second-order valence-corrected chi connectivity index (χ2v) is 6.70. The second kappa shape index (κ2) is 6.07. The van der Waals surface area contributed by atoms with Gasteiger partial charge in [0.15, 0.2) is 0 Å². The normalized spacial score (nSPS) is 21.6. The van der Waals surface area contributed by atoms with Crippen molar-refractivity contribution in [2.45, 2.75) is 23.9 Å². The van der Waals surface area contributed by atoms with Crippen LogP contribution in [0.2, 0.25) is 0 Å². The number of amides is 2. The number of carbonyl (C=O) groups is 2. The van der Waals surface area contributed by atoms with Crippen LogP contribution in [0.1, 0.15) is 23.2 Å². The average molecular weight is 344 g/mol. The molecule has 2 heterocycles. The zero-order chi connectivity index (χ0) is 16.6. The van der Waals surface area contributed by atoms with E-state index in [2.05, 4.69) is 5.32 Å². The fourth-order valence-electron chi connectivity index (χ4n) is 2.83. The first-order chi connectivity index (χ1) is 10.8. The van der Waals surface area contributed by atoms with Crippen LogP contribution < -0.4 is 5.32 Å². The van der Waals surface area contributed by atoms with Gasteiger partial charge in [0.1, 0.15) is 0 Å². The molecule has 1 saturated heterocycles. The third kappa shape index (κ3) is 3.46. The highest BCUT2D eigenvalue weighted by atomic mass is 32.2. The molecule has 8 heteroatoms. The number of nitrogens with zero attached hydrogens (tertiary/aromatic N) is 1. The molecule has 0 saturated carbocycles. The zero-order valence-corrected chi connectivity index (χ0v) is 13.0. The number of likely N-dealkylation sites (tertiary alicyclic amines) is 1. The lowest BCUT2D eigenvalue weighted by molar-refractivity contribution is -0.184. The number of hydrogen-bond donors (Lipinski definition) is 1. The Morgan fingerprint density at radius 3 is 2.87 bits per heavy atom. The number of fused-ring (bicyclic) bond motifs is 1. The van der Waals surface area contributed by atoms with Crippen molar-refractivity contribution in [2.75, 3.05) is 24.2 Å². The van der Waals surface area contributed by atoms with E-state index in [1.807, 2.05) is 0 Å². The summed E-state index contributed by atoms with van der Waals surface area (Å²) in [4.78, 5) is 26.0. The zero-order valence-electron chi connectivity index (χ0n) is 12.2. The fourth-order valence-corrected chi connectivity index (χ4v) is 3.62. The summed E-state index contributed by atoms with van der Waals surface area (Å²) in [6, 6.07) is 4.86. The van der Waals surface area contributed by atoms with Crippen LogP contribution in [0.5, 0.6) is 0 Å². The fraction of sp³-hybridized carbons (Fsp3) is 0.467. The van der Waals surface area contributed by atoms with Gasteiger partial charge in [0, 0.05) is 23.5 Å². The Kier molecular flexibility index (Phi) is 4.27. The number of anilines is 1. The maximum absolute atomic E-state index is 12.9. The average Bonchev–Trinajstić information content (AvgIpc) is 2.52. The van der Waals surface area contributed by atoms with Crippen LogP contribution in [-0.2, 0) is 4.79 Å². The molecule has 0 radical (unpaired) electrons. The minimum absolute atomic E-state index is 0.0597. The van der Waals surface area contributed by atoms with Crippen molar-refractivity contribution >= 4 is 29.3 Å². The smallest absolute Gasteiger partial charge is 0.338 e. The van der Waals surface area contributed by atoms with Crippen molar-refractivity contribution in [2.24, 2.45) is 5.92 Å². The molecule has 0 bridgehead atoms. The van der Waals surface area contributed by atoms with E-state index in [0.717, 1.165) is 4.90 Å². The van der Waals surface area contributed by atoms with Gasteiger partial charge in [-0.05, 0) is 31.0 Å². The van der Waals surface area contributed by atoms with Crippen molar-refractivity contribution in [1.82, 2.24) is 4.90 Å². The van der Waals surface area contributed by atoms with Crippen molar-refractivity contribution in [3.63, 3.8) is 0 Å². The van der Waals surface area contributed by atoms with Gasteiger partial charge in [-0.15, -0.1) is 11.8 Å². The number of benzene rings is 1. The quantitative estimate of drug-likeness (QED) is 0.851. The summed E-state index contributed by atoms with van der Waals surface area (Å²) in [6.07, 6.45) is -3.88. The molecule has 0 unspecified atom stereocenters. The lowest BCUT2D eigenvalue weighted by Gasteiger charge is -2.34. The molecular weight excluding hydrogens is 329 g/mol. The summed E-state index contributed by atoms with van der Waals surface area (Å²) >= 11 is 1.37. The predicted octanol–water partition coefficient (Wildman–Crippen LogP) is 3.15. The van der Waals surface area contributed by atoms with Crippen LogP contribution in [0.15, 0.2) is 23.1 Å². The highest BCUT2D eigenvalue weighted by Gasteiger charge is 2.42. The van der Waals surface area contributed by atoms with E-state index in [0.29, 0.717) is 30.0 Å². The Bertz CT molecular complexity index is 648. The van der Waals surface area contributed by atoms with Gasteiger partial charge in [-0.3, -0.25) is 9.59 Å². The number of rotatable bonds is 1. The van der Waals surface area contributed by atoms with Gasteiger partial charge >= 0.3 is 6.18 Å². The topological polar surface area (TPSA) is 49.4 Å². The van der Waals surface area contributed by atoms with E-state index in [4.69, 9.17) is 0 Å². The van der Waals surface area contributed by atoms with Crippen molar-refractivity contribution < 1.29 is 22.8 Å². The van der Waals surface area contributed by atoms with Crippen LogP contribution in [-0.4, -0.2) is 41.7 Å². The van der Waals surface area contributed by atoms with Gasteiger partial charge in [-0.2, -0.15) is 13.2 Å². The maximum atomic E-state index is 12.9. The van der Waals surface area contributed by atoms with Gasteiger partial charge in [-0.1, -0.05) is 0 Å².